The molecule has 9 heteroatoms. The predicted octanol–water partition coefficient (Wildman–Crippen LogP) is 1.94. The molecule has 0 spiro atoms. The highest BCUT2D eigenvalue weighted by atomic mass is 32.2. The molecular weight excluding hydrogens is 301 g/mol. The summed E-state index contributed by atoms with van der Waals surface area (Å²) in [4.78, 5) is 0. The Hall–Kier alpha value is -0.930. The van der Waals surface area contributed by atoms with Gasteiger partial charge in [-0.25, -0.2) is 13.1 Å². The van der Waals surface area contributed by atoms with Crippen molar-refractivity contribution in [3.05, 3.63) is 29.8 Å². The Kier molecular flexibility index (Phi) is 5.50. The van der Waals surface area contributed by atoms with Crippen LogP contribution in [-0.2, 0) is 15.8 Å². The van der Waals surface area contributed by atoms with Crippen molar-refractivity contribution in [1.29, 1.82) is 0 Å². The van der Waals surface area contributed by atoms with E-state index in [-0.39, 0.29) is 29.8 Å². The number of sulfonamides is 1. The van der Waals surface area contributed by atoms with E-state index in [1.165, 1.54) is 0 Å². The number of alkyl halides is 3. The van der Waals surface area contributed by atoms with Crippen LogP contribution in [-0.4, -0.2) is 26.2 Å². The summed E-state index contributed by atoms with van der Waals surface area (Å²) in [5, 5.41) is 0. The summed E-state index contributed by atoms with van der Waals surface area (Å²) in [6.07, 6.45) is 0. The van der Waals surface area contributed by atoms with E-state index in [1.807, 2.05) is 0 Å². The molecule has 0 fully saturated rings. The lowest BCUT2D eigenvalue weighted by Gasteiger charge is -2.09. The maximum Gasteiger partial charge on any atom is 0.441 e. The van der Waals surface area contributed by atoms with Crippen molar-refractivity contribution in [2.24, 2.45) is 0 Å². The van der Waals surface area contributed by atoms with E-state index in [1.54, 1.807) is 24.3 Å². The molecule has 0 amide bonds. The number of anilines is 1. The molecule has 1 aromatic carbocycles. The van der Waals surface area contributed by atoms with Gasteiger partial charge in [0.2, 0.25) is 10.0 Å². The first kappa shape index (κ1) is 16.1. The third-order valence-electron chi connectivity index (χ3n) is 2.09. The fourth-order valence-corrected chi connectivity index (χ4v) is 3.04. The van der Waals surface area contributed by atoms with Gasteiger partial charge in [0, 0.05) is 18.0 Å². The molecule has 19 heavy (non-hydrogen) atoms. The molecule has 0 heterocycles. The van der Waals surface area contributed by atoms with Crippen LogP contribution in [0.15, 0.2) is 24.3 Å². The number of halogens is 3. The Balaban J connectivity index is 2.47. The summed E-state index contributed by atoms with van der Waals surface area (Å²) in [5.74, 6) is -0.719. The normalized spacial score (nSPS) is 12.6. The van der Waals surface area contributed by atoms with E-state index in [9.17, 15) is 21.6 Å². The average molecular weight is 314 g/mol. The molecule has 4 nitrogen and oxygen atoms in total. The molecule has 3 N–H and O–H groups in total. The topological polar surface area (TPSA) is 72.2 Å². The van der Waals surface area contributed by atoms with Gasteiger partial charge in [-0.3, -0.25) is 0 Å². The largest absolute Gasteiger partial charge is 0.441 e. The van der Waals surface area contributed by atoms with Crippen molar-refractivity contribution in [2.45, 2.75) is 11.3 Å². The third kappa shape index (κ3) is 6.69. The zero-order valence-corrected chi connectivity index (χ0v) is 11.4. The van der Waals surface area contributed by atoms with Crippen LogP contribution in [0.25, 0.3) is 0 Å². The summed E-state index contributed by atoms with van der Waals surface area (Å²) in [6.45, 7) is -0.279. The highest BCUT2D eigenvalue weighted by molar-refractivity contribution is 8.00. The number of thioether (sulfide) groups is 1. The third-order valence-corrected chi connectivity index (χ3v) is 4.16. The van der Waals surface area contributed by atoms with E-state index in [0.717, 1.165) is 0 Å². The summed E-state index contributed by atoms with van der Waals surface area (Å²) in [7, 11) is -3.69. The molecule has 108 valence electrons. The zero-order valence-electron chi connectivity index (χ0n) is 9.77. The second-order valence-corrected chi connectivity index (χ2v) is 6.61. The first-order chi connectivity index (χ1) is 8.70. The van der Waals surface area contributed by atoms with Gasteiger partial charge >= 0.3 is 5.51 Å². The Morgan fingerprint density at radius 1 is 1.26 bits per heavy atom. The second kappa shape index (κ2) is 6.49. The van der Waals surface area contributed by atoms with Gasteiger partial charge in [-0.15, -0.1) is 0 Å². The van der Waals surface area contributed by atoms with Crippen LogP contribution in [0.4, 0.5) is 18.9 Å². The van der Waals surface area contributed by atoms with Crippen molar-refractivity contribution in [3.63, 3.8) is 0 Å². The predicted molar refractivity (Wildman–Crippen MR) is 70.0 cm³/mol. The van der Waals surface area contributed by atoms with Crippen molar-refractivity contribution in [2.75, 3.05) is 18.0 Å². The molecule has 1 rings (SSSR count). The van der Waals surface area contributed by atoms with E-state index < -0.39 is 15.5 Å². The second-order valence-electron chi connectivity index (χ2n) is 3.65. The SMILES string of the molecule is Nc1ccccc1CS(=O)(=O)NCCSC(F)(F)F. The Labute approximate surface area is 113 Å². The summed E-state index contributed by atoms with van der Waals surface area (Å²) >= 11 is -0.268. The number of para-hydroxylation sites is 1. The molecule has 0 aliphatic rings. The number of hydrogen-bond acceptors (Lipinski definition) is 4. The van der Waals surface area contributed by atoms with Gasteiger partial charge in [-0.2, -0.15) is 13.2 Å². The van der Waals surface area contributed by atoms with Crippen LogP contribution in [0.5, 0.6) is 0 Å². The summed E-state index contributed by atoms with van der Waals surface area (Å²) in [5.41, 5.74) is 1.99. The first-order valence-corrected chi connectivity index (χ1v) is 7.85. The maximum atomic E-state index is 11.8. The van der Waals surface area contributed by atoms with Gasteiger partial charge in [0.25, 0.3) is 0 Å². The van der Waals surface area contributed by atoms with Crippen LogP contribution in [0.3, 0.4) is 0 Å². The highest BCUT2D eigenvalue weighted by Gasteiger charge is 2.27. The number of rotatable bonds is 6. The zero-order chi connectivity index (χ0) is 14.5. The van der Waals surface area contributed by atoms with Crippen LogP contribution in [0.1, 0.15) is 5.56 Å². The van der Waals surface area contributed by atoms with E-state index in [4.69, 9.17) is 5.73 Å². The minimum Gasteiger partial charge on any atom is -0.398 e. The molecule has 0 aromatic heterocycles. The molecular formula is C10H13F3N2O2S2. The molecule has 0 aliphatic carbocycles. The van der Waals surface area contributed by atoms with Gasteiger partial charge in [0.05, 0.1) is 5.75 Å². The van der Waals surface area contributed by atoms with Gasteiger partial charge in [-0.1, -0.05) is 18.2 Å². The standard InChI is InChI=1S/C10H13F3N2O2S2/c11-10(12,13)18-6-5-15-19(16,17)7-8-3-1-2-4-9(8)14/h1-4,15H,5-7,14H2. The number of hydrogen-bond donors (Lipinski definition) is 2. The quantitative estimate of drug-likeness (QED) is 0.622. The van der Waals surface area contributed by atoms with Crippen molar-refractivity contribution in [1.82, 2.24) is 4.72 Å². The maximum absolute atomic E-state index is 11.8. The Bertz CT molecular complexity index is 518. The van der Waals surface area contributed by atoms with Crippen LogP contribution in [0, 0.1) is 0 Å². The van der Waals surface area contributed by atoms with Crippen LogP contribution >= 0.6 is 11.8 Å². The average Bonchev–Trinajstić information content (AvgIpc) is 2.26. The number of nitrogens with one attached hydrogen (secondary N) is 1. The fourth-order valence-electron chi connectivity index (χ4n) is 1.29. The fraction of sp³-hybridized carbons (Fsp3) is 0.400. The van der Waals surface area contributed by atoms with Gasteiger partial charge in [0.15, 0.2) is 0 Å². The Morgan fingerprint density at radius 2 is 1.89 bits per heavy atom. The van der Waals surface area contributed by atoms with Crippen molar-refractivity contribution < 1.29 is 21.6 Å². The smallest absolute Gasteiger partial charge is 0.398 e. The lowest BCUT2D eigenvalue weighted by Crippen LogP contribution is -2.28. The monoisotopic (exact) mass is 314 g/mol. The van der Waals surface area contributed by atoms with Gasteiger partial charge < -0.3 is 5.73 Å². The minimum atomic E-state index is -4.35. The van der Waals surface area contributed by atoms with Crippen molar-refractivity contribution >= 4 is 27.5 Å². The molecule has 0 radical (unpaired) electrons. The first-order valence-electron chi connectivity index (χ1n) is 5.21. The Morgan fingerprint density at radius 3 is 2.47 bits per heavy atom. The molecule has 0 aliphatic heterocycles. The van der Waals surface area contributed by atoms with Gasteiger partial charge in [-0.05, 0) is 23.4 Å². The summed E-state index contributed by atoms with van der Waals surface area (Å²) < 4.78 is 60.9. The van der Waals surface area contributed by atoms with Crippen molar-refractivity contribution in [3.8, 4) is 0 Å². The minimum absolute atomic E-state index is 0.268. The van der Waals surface area contributed by atoms with E-state index in [0.29, 0.717) is 11.3 Å². The van der Waals surface area contributed by atoms with Crippen LogP contribution in [0.2, 0.25) is 0 Å². The molecule has 0 saturated heterocycles. The lowest BCUT2D eigenvalue weighted by molar-refractivity contribution is -0.0327. The molecule has 0 bridgehead atoms. The van der Waals surface area contributed by atoms with E-state index in [2.05, 4.69) is 4.72 Å². The number of nitrogens with two attached hydrogens (primary N) is 1. The summed E-state index contributed by atoms with van der Waals surface area (Å²) in [6, 6.07) is 6.42. The molecule has 0 unspecified atom stereocenters. The lowest BCUT2D eigenvalue weighted by atomic mass is 10.2. The number of benzene rings is 1. The molecule has 0 atom stereocenters. The number of nitrogen functional groups attached to an aromatic ring is 1. The van der Waals surface area contributed by atoms with Crippen LogP contribution < -0.4 is 10.5 Å². The molecule has 1 aromatic rings. The van der Waals surface area contributed by atoms with Gasteiger partial charge in [0.1, 0.15) is 0 Å². The highest BCUT2D eigenvalue weighted by Crippen LogP contribution is 2.29. The molecule has 0 saturated carbocycles. The van der Waals surface area contributed by atoms with E-state index >= 15 is 0 Å².